The van der Waals surface area contributed by atoms with Gasteiger partial charge < -0.3 is 9.47 Å². The summed E-state index contributed by atoms with van der Waals surface area (Å²) in [7, 11) is 0. The minimum Gasteiger partial charge on any atom is -0.494 e. The van der Waals surface area contributed by atoms with Gasteiger partial charge in [-0.1, -0.05) is 12.1 Å². The Morgan fingerprint density at radius 3 is 2.67 bits per heavy atom. The summed E-state index contributed by atoms with van der Waals surface area (Å²) >= 11 is 0. The summed E-state index contributed by atoms with van der Waals surface area (Å²) in [6.45, 7) is 7.91. The smallest absolute Gasteiger partial charge is 0.121 e. The summed E-state index contributed by atoms with van der Waals surface area (Å²) < 4.78 is 10.7. The van der Waals surface area contributed by atoms with Crippen molar-refractivity contribution in [2.24, 2.45) is 0 Å². The SMILES string of the molecule is CCOc1ccc(C(C#N)NCCN2CCOCC2)cc1. The van der Waals surface area contributed by atoms with Crippen LogP contribution in [0.25, 0.3) is 0 Å². The zero-order valence-corrected chi connectivity index (χ0v) is 12.5. The number of rotatable bonds is 7. The number of ether oxygens (including phenoxy) is 2. The first-order valence-electron chi connectivity index (χ1n) is 7.49. The molecule has 1 fully saturated rings. The predicted molar refractivity (Wildman–Crippen MR) is 81.2 cm³/mol. The second-order valence-electron chi connectivity index (χ2n) is 4.97. The van der Waals surface area contributed by atoms with Crippen molar-refractivity contribution in [3.8, 4) is 11.8 Å². The van der Waals surface area contributed by atoms with Crippen LogP contribution in [0.3, 0.4) is 0 Å². The number of morpholine rings is 1. The maximum Gasteiger partial charge on any atom is 0.121 e. The van der Waals surface area contributed by atoms with E-state index >= 15 is 0 Å². The van der Waals surface area contributed by atoms with Crippen LogP contribution in [0.15, 0.2) is 24.3 Å². The number of nitrogens with zero attached hydrogens (tertiary/aromatic N) is 2. The minimum absolute atomic E-state index is 0.276. The van der Waals surface area contributed by atoms with Crippen molar-refractivity contribution in [3.05, 3.63) is 29.8 Å². The summed E-state index contributed by atoms with van der Waals surface area (Å²) in [6, 6.07) is 9.75. The minimum atomic E-state index is -0.276. The molecule has 1 aliphatic rings. The molecule has 1 aromatic rings. The highest BCUT2D eigenvalue weighted by Gasteiger charge is 2.12. The van der Waals surface area contributed by atoms with Gasteiger partial charge in [-0.3, -0.25) is 10.2 Å². The molecule has 0 spiro atoms. The van der Waals surface area contributed by atoms with Crippen LogP contribution in [0, 0.1) is 11.3 Å². The Balaban J connectivity index is 1.80. The van der Waals surface area contributed by atoms with E-state index in [1.807, 2.05) is 31.2 Å². The van der Waals surface area contributed by atoms with Crippen molar-refractivity contribution in [1.29, 1.82) is 5.26 Å². The number of hydrogen-bond acceptors (Lipinski definition) is 5. The summed E-state index contributed by atoms with van der Waals surface area (Å²) in [6.07, 6.45) is 0. The van der Waals surface area contributed by atoms with E-state index in [1.54, 1.807) is 0 Å². The fourth-order valence-electron chi connectivity index (χ4n) is 2.35. The number of nitrogens with one attached hydrogen (secondary N) is 1. The van der Waals surface area contributed by atoms with Gasteiger partial charge in [0.2, 0.25) is 0 Å². The Kier molecular flexibility index (Phi) is 6.48. The maximum absolute atomic E-state index is 9.31. The molecule has 0 aliphatic carbocycles. The Hall–Kier alpha value is -1.61. The molecule has 5 nitrogen and oxygen atoms in total. The van der Waals surface area contributed by atoms with E-state index in [0.717, 1.165) is 50.7 Å². The quantitative estimate of drug-likeness (QED) is 0.826. The standard InChI is InChI=1S/C16H23N3O2/c1-2-21-15-5-3-14(4-6-15)16(13-17)18-7-8-19-9-11-20-12-10-19/h3-6,16,18H,2,7-12H2,1H3. The van der Waals surface area contributed by atoms with Gasteiger partial charge in [0.05, 0.1) is 25.9 Å². The van der Waals surface area contributed by atoms with Gasteiger partial charge in [-0.2, -0.15) is 5.26 Å². The molecule has 1 saturated heterocycles. The van der Waals surface area contributed by atoms with Crippen LogP contribution in [0.2, 0.25) is 0 Å². The lowest BCUT2D eigenvalue weighted by molar-refractivity contribution is 0.0383. The van der Waals surface area contributed by atoms with Crippen LogP contribution >= 0.6 is 0 Å². The molecule has 1 unspecified atom stereocenters. The lowest BCUT2D eigenvalue weighted by Gasteiger charge is -2.27. The summed E-state index contributed by atoms with van der Waals surface area (Å²) in [5.41, 5.74) is 0.975. The van der Waals surface area contributed by atoms with Crippen molar-refractivity contribution in [2.75, 3.05) is 46.0 Å². The molecule has 1 aromatic carbocycles. The molecule has 0 aromatic heterocycles. The number of nitriles is 1. The lowest BCUT2D eigenvalue weighted by atomic mass is 10.1. The molecule has 1 aliphatic heterocycles. The fourth-order valence-corrected chi connectivity index (χ4v) is 2.35. The molecular formula is C16H23N3O2. The zero-order chi connectivity index (χ0) is 14.9. The maximum atomic E-state index is 9.31. The first-order chi connectivity index (χ1) is 10.3. The molecule has 0 bridgehead atoms. The van der Waals surface area contributed by atoms with Crippen LogP contribution in [-0.4, -0.2) is 50.9 Å². The van der Waals surface area contributed by atoms with E-state index < -0.39 is 0 Å². The van der Waals surface area contributed by atoms with Gasteiger partial charge in [0.25, 0.3) is 0 Å². The van der Waals surface area contributed by atoms with Crippen LogP contribution in [0.5, 0.6) is 5.75 Å². The highest BCUT2D eigenvalue weighted by atomic mass is 16.5. The number of hydrogen-bond donors (Lipinski definition) is 1. The second kappa shape index (κ2) is 8.63. The second-order valence-corrected chi connectivity index (χ2v) is 4.97. The molecule has 0 radical (unpaired) electrons. The third-order valence-electron chi connectivity index (χ3n) is 3.53. The van der Waals surface area contributed by atoms with Crippen molar-refractivity contribution in [3.63, 3.8) is 0 Å². The van der Waals surface area contributed by atoms with Gasteiger partial charge in [-0.25, -0.2) is 0 Å². The van der Waals surface area contributed by atoms with Crippen molar-refractivity contribution >= 4 is 0 Å². The fraction of sp³-hybridized carbons (Fsp3) is 0.562. The van der Waals surface area contributed by atoms with Crippen molar-refractivity contribution < 1.29 is 9.47 Å². The normalized spacial score (nSPS) is 17.1. The molecule has 5 heteroatoms. The van der Waals surface area contributed by atoms with Crippen molar-refractivity contribution in [1.82, 2.24) is 10.2 Å². The first kappa shape index (κ1) is 15.8. The van der Waals surface area contributed by atoms with E-state index in [2.05, 4.69) is 16.3 Å². The van der Waals surface area contributed by atoms with Crippen molar-refractivity contribution in [2.45, 2.75) is 13.0 Å². The van der Waals surface area contributed by atoms with E-state index in [4.69, 9.17) is 9.47 Å². The van der Waals surface area contributed by atoms with Crippen LogP contribution in [0.4, 0.5) is 0 Å². The predicted octanol–water partition coefficient (Wildman–Crippen LogP) is 1.57. The van der Waals surface area contributed by atoms with E-state index in [0.29, 0.717) is 6.61 Å². The highest BCUT2D eigenvalue weighted by Crippen LogP contribution is 2.17. The van der Waals surface area contributed by atoms with Gasteiger partial charge in [0, 0.05) is 26.2 Å². The molecule has 2 rings (SSSR count). The Morgan fingerprint density at radius 1 is 1.33 bits per heavy atom. The monoisotopic (exact) mass is 289 g/mol. The summed E-state index contributed by atoms with van der Waals surface area (Å²) in [5, 5.41) is 12.6. The molecular weight excluding hydrogens is 266 g/mol. The molecule has 0 saturated carbocycles. The van der Waals surface area contributed by atoms with E-state index in [9.17, 15) is 5.26 Å². The van der Waals surface area contributed by atoms with Gasteiger partial charge in [-0.05, 0) is 24.6 Å². The first-order valence-corrected chi connectivity index (χ1v) is 7.49. The Bertz CT molecular complexity index is 450. The van der Waals surface area contributed by atoms with E-state index in [1.165, 1.54) is 0 Å². The summed E-state index contributed by atoms with van der Waals surface area (Å²) in [4.78, 5) is 2.35. The van der Waals surface area contributed by atoms with Crippen LogP contribution in [-0.2, 0) is 4.74 Å². The lowest BCUT2D eigenvalue weighted by Crippen LogP contribution is -2.40. The molecule has 0 amide bonds. The molecule has 1 atom stereocenters. The third-order valence-corrected chi connectivity index (χ3v) is 3.53. The Morgan fingerprint density at radius 2 is 2.05 bits per heavy atom. The molecule has 1 N–H and O–H groups in total. The Labute approximate surface area is 126 Å². The van der Waals surface area contributed by atoms with Gasteiger partial charge in [-0.15, -0.1) is 0 Å². The third kappa shape index (κ3) is 5.01. The summed E-state index contributed by atoms with van der Waals surface area (Å²) in [5.74, 6) is 0.839. The van der Waals surface area contributed by atoms with Gasteiger partial charge >= 0.3 is 0 Å². The molecule has 21 heavy (non-hydrogen) atoms. The zero-order valence-electron chi connectivity index (χ0n) is 12.5. The number of benzene rings is 1. The van der Waals surface area contributed by atoms with Gasteiger partial charge in [0.15, 0.2) is 0 Å². The largest absolute Gasteiger partial charge is 0.494 e. The average molecular weight is 289 g/mol. The topological polar surface area (TPSA) is 57.5 Å². The highest BCUT2D eigenvalue weighted by molar-refractivity contribution is 5.31. The average Bonchev–Trinajstić information content (AvgIpc) is 2.54. The van der Waals surface area contributed by atoms with E-state index in [-0.39, 0.29) is 6.04 Å². The van der Waals surface area contributed by atoms with Crippen LogP contribution in [0.1, 0.15) is 18.5 Å². The molecule has 114 valence electrons. The van der Waals surface area contributed by atoms with Crippen LogP contribution < -0.4 is 10.1 Å². The molecule has 1 heterocycles. The van der Waals surface area contributed by atoms with Gasteiger partial charge in [0.1, 0.15) is 11.8 Å².